The van der Waals surface area contributed by atoms with Crippen LogP contribution in [-0.2, 0) is 46.1 Å². The van der Waals surface area contributed by atoms with Gasteiger partial charge in [-0.2, -0.15) is 0 Å². The molecule has 1 saturated heterocycles. The van der Waals surface area contributed by atoms with E-state index in [4.69, 9.17) is 4.74 Å². The smallest absolute Gasteiger partial charge is 0.154 e. The fourth-order valence-corrected chi connectivity index (χ4v) is 7.50. The molecule has 2 aromatic heterocycles. The van der Waals surface area contributed by atoms with Crippen LogP contribution in [0, 0.1) is 0 Å². The topological polar surface area (TPSA) is 77.3 Å². The van der Waals surface area contributed by atoms with Crippen molar-refractivity contribution in [3.05, 3.63) is 33.3 Å². The van der Waals surface area contributed by atoms with Gasteiger partial charge in [-0.05, 0) is 43.7 Å². The molecule has 5 rings (SSSR count). The number of fused-ring (bicyclic) bond motifs is 2. The molecule has 0 amide bonds. The molecular weight excluding hydrogens is 420 g/mol. The molecule has 7 nitrogen and oxygen atoms in total. The van der Waals surface area contributed by atoms with Gasteiger partial charge in [-0.3, -0.25) is 9.58 Å². The third-order valence-corrected chi connectivity index (χ3v) is 10.3. The van der Waals surface area contributed by atoms with Gasteiger partial charge in [-0.25, -0.2) is 8.42 Å². The molecule has 1 saturated carbocycles. The minimum Gasteiger partial charge on any atom is -0.370 e. The van der Waals surface area contributed by atoms with Gasteiger partial charge < -0.3 is 4.74 Å². The maximum atomic E-state index is 12.1. The van der Waals surface area contributed by atoms with E-state index in [0.717, 1.165) is 70.5 Å². The Bertz CT molecular complexity index is 1000. The van der Waals surface area contributed by atoms with E-state index in [-0.39, 0.29) is 16.6 Å². The van der Waals surface area contributed by atoms with Crippen molar-refractivity contribution >= 4 is 21.2 Å². The number of hydrogen-bond donors (Lipinski definition) is 0. The monoisotopic (exact) mass is 450 g/mol. The molecule has 0 radical (unpaired) electrons. The first-order valence-corrected chi connectivity index (χ1v) is 13.6. The van der Waals surface area contributed by atoms with Crippen molar-refractivity contribution in [2.24, 2.45) is 0 Å². The molecule has 164 valence electrons. The normalized spacial score (nSPS) is 21.8. The quantitative estimate of drug-likeness (QED) is 0.645. The average molecular weight is 451 g/mol. The third kappa shape index (κ3) is 4.09. The van der Waals surface area contributed by atoms with Crippen molar-refractivity contribution in [2.45, 2.75) is 69.4 Å². The molecule has 0 bridgehead atoms. The Labute approximate surface area is 182 Å². The molecule has 0 aromatic carbocycles. The lowest BCUT2D eigenvalue weighted by Crippen LogP contribution is -2.45. The molecule has 1 spiro atoms. The van der Waals surface area contributed by atoms with Crippen molar-refractivity contribution in [3.63, 3.8) is 0 Å². The molecule has 2 aliphatic heterocycles. The van der Waals surface area contributed by atoms with E-state index in [1.807, 2.05) is 17.5 Å². The van der Waals surface area contributed by atoms with E-state index in [1.54, 1.807) is 4.68 Å². The van der Waals surface area contributed by atoms with E-state index >= 15 is 0 Å². The van der Waals surface area contributed by atoms with Crippen LogP contribution in [0.2, 0.25) is 0 Å². The summed E-state index contributed by atoms with van der Waals surface area (Å²) < 4.78 is 32.2. The van der Waals surface area contributed by atoms with Gasteiger partial charge in [0.25, 0.3) is 0 Å². The van der Waals surface area contributed by atoms with Crippen molar-refractivity contribution < 1.29 is 13.2 Å². The molecule has 4 heterocycles. The highest BCUT2D eigenvalue weighted by Gasteiger charge is 2.42. The van der Waals surface area contributed by atoms with Gasteiger partial charge in [0.05, 0.1) is 35.4 Å². The van der Waals surface area contributed by atoms with Gasteiger partial charge in [0, 0.05) is 42.0 Å². The van der Waals surface area contributed by atoms with Crippen LogP contribution in [0.5, 0.6) is 0 Å². The number of aromatic nitrogens is 3. The van der Waals surface area contributed by atoms with E-state index in [9.17, 15) is 8.42 Å². The van der Waals surface area contributed by atoms with Crippen molar-refractivity contribution in [3.8, 4) is 0 Å². The van der Waals surface area contributed by atoms with Crippen molar-refractivity contribution in [2.75, 3.05) is 25.4 Å². The first-order valence-electron chi connectivity index (χ1n) is 11.1. The number of aryl methyl sites for hydroxylation is 2. The zero-order chi connectivity index (χ0) is 20.8. The number of likely N-dealkylation sites (tertiary alicyclic amines) is 1. The van der Waals surface area contributed by atoms with Gasteiger partial charge in [0.1, 0.15) is 0 Å². The van der Waals surface area contributed by atoms with Gasteiger partial charge in [-0.1, -0.05) is 12.1 Å². The molecule has 0 N–H and O–H groups in total. The van der Waals surface area contributed by atoms with Crippen LogP contribution < -0.4 is 0 Å². The Morgan fingerprint density at radius 2 is 2.10 bits per heavy atom. The summed E-state index contributed by atoms with van der Waals surface area (Å²) in [5, 5.41) is 8.30. The lowest BCUT2D eigenvalue weighted by atomic mass is 9.82. The highest BCUT2D eigenvalue weighted by molar-refractivity contribution is 7.92. The summed E-state index contributed by atoms with van der Waals surface area (Å²) in [6.07, 6.45) is 7.69. The molecule has 2 fully saturated rings. The lowest BCUT2D eigenvalue weighted by molar-refractivity contribution is -0.0982. The van der Waals surface area contributed by atoms with Gasteiger partial charge >= 0.3 is 0 Å². The average Bonchev–Trinajstić information content (AvgIpc) is 3.38. The van der Waals surface area contributed by atoms with E-state index in [0.29, 0.717) is 6.54 Å². The standard InChI is InChI=1S/C21H30N4O3S2/c1-2-17-13-19-20(29-17)5-11-28-21(19)6-8-24(9-7-21)14-16-15-25(23-22-16)10-12-30(26,27)18-3-4-18/h13,15,18H,2-12,14H2,1H3. The summed E-state index contributed by atoms with van der Waals surface area (Å²) in [5.41, 5.74) is 2.24. The molecule has 1 aliphatic carbocycles. The van der Waals surface area contributed by atoms with E-state index in [1.165, 1.54) is 15.3 Å². The molecular formula is C21H30N4O3S2. The second kappa shape index (κ2) is 8.00. The second-order valence-corrected chi connectivity index (χ2v) is 12.4. The Morgan fingerprint density at radius 1 is 1.30 bits per heavy atom. The number of hydrogen-bond acceptors (Lipinski definition) is 7. The molecule has 30 heavy (non-hydrogen) atoms. The third-order valence-electron chi connectivity index (χ3n) is 6.68. The fourth-order valence-electron chi connectivity index (χ4n) is 4.70. The number of rotatable bonds is 7. The van der Waals surface area contributed by atoms with Crippen LogP contribution in [-0.4, -0.2) is 59.0 Å². The molecule has 3 aliphatic rings. The maximum absolute atomic E-state index is 12.1. The van der Waals surface area contributed by atoms with Gasteiger partial charge in [0.15, 0.2) is 9.84 Å². The van der Waals surface area contributed by atoms with Crippen molar-refractivity contribution in [1.29, 1.82) is 0 Å². The first kappa shape index (κ1) is 20.6. The number of ether oxygens (including phenoxy) is 1. The Kier molecular flexibility index (Phi) is 5.49. The van der Waals surface area contributed by atoms with Crippen LogP contribution in [0.25, 0.3) is 0 Å². The SMILES string of the molecule is CCc1cc2c(s1)CCOC21CCN(Cc2cn(CCS(=O)(=O)C3CC3)nn2)CC1. The van der Waals surface area contributed by atoms with Crippen LogP contribution in [0.1, 0.15) is 53.6 Å². The number of nitrogens with zero attached hydrogens (tertiary/aromatic N) is 4. The van der Waals surface area contributed by atoms with Crippen LogP contribution in [0.15, 0.2) is 12.3 Å². The fraction of sp³-hybridized carbons (Fsp3) is 0.714. The van der Waals surface area contributed by atoms with Gasteiger partial charge in [0.2, 0.25) is 0 Å². The Hall–Kier alpha value is -1.29. The predicted molar refractivity (Wildman–Crippen MR) is 116 cm³/mol. The predicted octanol–water partition coefficient (Wildman–Crippen LogP) is 2.54. The minimum absolute atomic E-state index is 0.108. The number of thiophene rings is 1. The lowest BCUT2D eigenvalue weighted by Gasteiger charge is -2.44. The van der Waals surface area contributed by atoms with E-state index < -0.39 is 9.84 Å². The van der Waals surface area contributed by atoms with Crippen LogP contribution in [0.4, 0.5) is 0 Å². The largest absolute Gasteiger partial charge is 0.370 e. The summed E-state index contributed by atoms with van der Waals surface area (Å²) in [7, 11) is -2.96. The summed E-state index contributed by atoms with van der Waals surface area (Å²) >= 11 is 1.96. The summed E-state index contributed by atoms with van der Waals surface area (Å²) in [5.74, 6) is 0.159. The van der Waals surface area contributed by atoms with Crippen LogP contribution >= 0.6 is 11.3 Å². The summed E-state index contributed by atoms with van der Waals surface area (Å²) in [6.45, 7) is 6.14. The zero-order valence-corrected chi connectivity index (χ0v) is 19.2. The highest BCUT2D eigenvalue weighted by atomic mass is 32.2. The van der Waals surface area contributed by atoms with Crippen LogP contribution in [0.3, 0.4) is 0 Å². The van der Waals surface area contributed by atoms with E-state index in [2.05, 4.69) is 28.2 Å². The molecule has 0 atom stereocenters. The Balaban J connectivity index is 1.17. The molecule has 2 aromatic rings. The van der Waals surface area contributed by atoms with Gasteiger partial charge in [-0.15, -0.1) is 16.4 Å². The minimum atomic E-state index is -2.96. The molecule has 0 unspecified atom stereocenters. The summed E-state index contributed by atoms with van der Waals surface area (Å²) in [6, 6.07) is 2.39. The number of sulfone groups is 1. The second-order valence-electron chi connectivity index (χ2n) is 8.81. The Morgan fingerprint density at radius 3 is 2.83 bits per heavy atom. The van der Waals surface area contributed by atoms with Crippen molar-refractivity contribution in [1.82, 2.24) is 19.9 Å². The zero-order valence-electron chi connectivity index (χ0n) is 17.5. The number of piperidine rings is 1. The summed E-state index contributed by atoms with van der Waals surface area (Å²) in [4.78, 5) is 5.40. The maximum Gasteiger partial charge on any atom is 0.154 e. The highest BCUT2D eigenvalue weighted by Crippen LogP contribution is 2.44. The molecule has 9 heteroatoms. The first-order chi connectivity index (χ1) is 14.5.